The first-order valence-electron chi connectivity index (χ1n) is 12.5. The molecular weight excluding hydrogens is 454 g/mol. The fraction of sp³-hybridized carbons (Fsp3) is 0.0909. The third-order valence-corrected chi connectivity index (χ3v) is 6.94. The molecule has 0 N–H and O–H groups in total. The lowest BCUT2D eigenvalue weighted by Gasteiger charge is -2.11. The van der Waals surface area contributed by atoms with E-state index in [9.17, 15) is 4.79 Å². The molecule has 0 spiro atoms. The molecule has 4 nitrogen and oxygen atoms in total. The van der Waals surface area contributed by atoms with Gasteiger partial charge in [0, 0.05) is 28.7 Å². The van der Waals surface area contributed by atoms with Crippen molar-refractivity contribution in [1.29, 1.82) is 0 Å². The van der Waals surface area contributed by atoms with E-state index in [4.69, 9.17) is 4.98 Å². The maximum atomic E-state index is 13.5. The van der Waals surface area contributed by atoms with Crippen LogP contribution in [0.2, 0.25) is 0 Å². The van der Waals surface area contributed by atoms with Gasteiger partial charge in [-0.2, -0.15) is 0 Å². The van der Waals surface area contributed by atoms with E-state index in [0.29, 0.717) is 23.3 Å². The first kappa shape index (κ1) is 22.7. The third-order valence-electron chi connectivity index (χ3n) is 6.94. The highest BCUT2D eigenvalue weighted by Gasteiger charge is 2.14. The molecule has 0 amide bonds. The van der Waals surface area contributed by atoms with E-state index in [2.05, 4.69) is 66.1 Å². The maximum absolute atomic E-state index is 13.5. The molecule has 0 saturated carbocycles. The summed E-state index contributed by atoms with van der Waals surface area (Å²) in [6, 6.07) is 36.6. The van der Waals surface area contributed by atoms with Crippen LogP contribution in [0.3, 0.4) is 0 Å². The zero-order valence-corrected chi connectivity index (χ0v) is 20.7. The van der Waals surface area contributed by atoms with E-state index in [-0.39, 0.29) is 5.56 Å². The Morgan fingerprint density at radius 1 is 0.649 bits per heavy atom. The molecule has 6 aromatic rings. The van der Waals surface area contributed by atoms with Crippen LogP contribution in [-0.2, 0) is 13.1 Å². The summed E-state index contributed by atoms with van der Waals surface area (Å²) in [6.07, 6.45) is 4.09. The molecule has 4 heteroatoms. The van der Waals surface area contributed by atoms with Gasteiger partial charge in [-0.1, -0.05) is 91.0 Å². The van der Waals surface area contributed by atoms with Crippen molar-refractivity contribution in [3.05, 3.63) is 148 Å². The molecule has 2 heterocycles. The standard InChI is InChI=1S/C33H27N3O/c1-24-27(28-16-9-11-19-31(28)35(24)22-25-12-4-2-5-13-25)20-21-32-34-30-18-10-8-17-29(30)33(37)36(32)23-26-14-6-3-7-15-26/h2-21H,22-23H2,1H3/b21-20+. The third kappa shape index (κ3) is 4.38. The second-order valence-electron chi connectivity index (χ2n) is 9.29. The Bertz CT molecular complexity index is 1790. The van der Waals surface area contributed by atoms with E-state index in [1.54, 1.807) is 4.57 Å². The van der Waals surface area contributed by atoms with Crippen molar-refractivity contribution >= 4 is 34.0 Å². The smallest absolute Gasteiger partial charge is 0.261 e. The van der Waals surface area contributed by atoms with Gasteiger partial charge in [0.1, 0.15) is 5.82 Å². The molecule has 0 aliphatic heterocycles. The van der Waals surface area contributed by atoms with Gasteiger partial charge in [-0.25, -0.2) is 4.98 Å². The van der Waals surface area contributed by atoms with Crippen LogP contribution in [-0.4, -0.2) is 14.1 Å². The zero-order chi connectivity index (χ0) is 25.2. The van der Waals surface area contributed by atoms with Crippen LogP contribution in [0.15, 0.2) is 114 Å². The minimum atomic E-state index is -0.0302. The number of nitrogens with zero attached hydrogens (tertiary/aromatic N) is 3. The molecule has 0 aliphatic carbocycles. The Balaban J connectivity index is 1.48. The topological polar surface area (TPSA) is 39.8 Å². The van der Waals surface area contributed by atoms with Crippen LogP contribution >= 0.6 is 0 Å². The summed E-state index contributed by atoms with van der Waals surface area (Å²) in [4.78, 5) is 18.4. The summed E-state index contributed by atoms with van der Waals surface area (Å²) >= 11 is 0. The van der Waals surface area contributed by atoms with Crippen LogP contribution in [0, 0.1) is 6.92 Å². The first-order valence-corrected chi connectivity index (χ1v) is 12.5. The summed E-state index contributed by atoms with van der Waals surface area (Å²) in [5, 5.41) is 1.82. The lowest BCUT2D eigenvalue weighted by Crippen LogP contribution is -2.24. The molecule has 2 aromatic heterocycles. The highest BCUT2D eigenvalue weighted by molar-refractivity contribution is 5.93. The summed E-state index contributed by atoms with van der Waals surface area (Å²) in [7, 11) is 0. The number of fused-ring (bicyclic) bond motifs is 2. The summed E-state index contributed by atoms with van der Waals surface area (Å²) in [5.74, 6) is 0.645. The Labute approximate surface area is 215 Å². The maximum Gasteiger partial charge on any atom is 0.261 e. The average Bonchev–Trinajstić information content (AvgIpc) is 3.21. The van der Waals surface area contributed by atoms with Gasteiger partial charge in [0.15, 0.2) is 0 Å². The van der Waals surface area contributed by atoms with Gasteiger partial charge in [0.25, 0.3) is 5.56 Å². The highest BCUT2D eigenvalue weighted by Crippen LogP contribution is 2.28. The molecule has 0 fully saturated rings. The van der Waals surface area contributed by atoms with Gasteiger partial charge in [-0.15, -0.1) is 0 Å². The summed E-state index contributed by atoms with van der Waals surface area (Å²) in [5.41, 5.74) is 6.51. The number of para-hydroxylation sites is 2. The minimum Gasteiger partial charge on any atom is -0.340 e. The largest absolute Gasteiger partial charge is 0.340 e. The van der Waals surface area contributed by atoms with Gasteiger partial charge in [-0.3, -0.25) is 9.36 Å². The summed E-state index contributed by atoms with van der Waals surface area (Å²) in [6.45, 7) is 3.42. The molecule has 6 rings (SSSR count). The first-order chi connectivity index (χ1) is 18.2. The van der Waals surface area contributed by atoms with E-state index < -0.39 is 0 Å². The Hall–Kier alpha value is -4.70. The molecule has 0 radical (unpaired) electrons. The molecule has 180 valence electrons. The molecule has 0 aliphatic rings. The van der Waals surface area contributed by atoms with Gasteiger partial charge in [0.2, 0.25) is 0 Å². The zero-order valence-electron chi connectivity index (χ0n) is 20.7. The number of hydrogen-bond donors (Lipinski definition) is 0. The average molecular weight is 482 g/mol. The lowest BCUT2D eigenvalue weighted by atomic mass is 10.1. The van der Waals surface area contributed by atoms with E-state index in [0.717, 1.165) is 17.7 Å². The van der Waals surface area contributed by atoms with Gasteiger partial charge in [-0.05, 0) is 48.4 Å². The van der Waals surface area contributed by atoms with Crippen molar-refractivity contribution in [2.75, 3.05) is 0 Å². The minimum absolute atomic E-state index is 0.0302. The van der Waals surface area contributed by atoms with E-state index in [1.165, 1.54) is 22.2 Å². The van der Waals surface area contributed by atoms with Crippen molar-refractivity contribution in [3.8, 4) is 0 Å². The van der Waals surface area contributed by atoms with E-state index in [1.807, 2.05) is 66.7 Å². The lowest BCUT2D eigenvalue weighted by molar-refractivity contribution is 0.738. The molecule has 37 heavy (non-hydrogen) atoms. The second kappa shape index (κ2) is 9.75. The monoisotopic (exact) mass is 481 g/mol. The van der Waals surface area contributed by atoms with Crippen molar-refractivity contribution in [1.82, 2.24) is 14.1 Å². The predicted octanol–water partition coefficient (Wildman–Crippen LogP) is 6.93. The van der Waals surface area contributed by atoms with Crippen LogP contribution in [0.5, 0.6) is 0 Å². The predicted molar refractivity (Wildman–Crippen MR) is 153 cm³/mol. The van der Waals surface area contributed by atoms with Crippen molar-refractivity contribution in [2.45, 2.75) is 20.0 Å². The number of hydrogen-bond acceptors (Lipinski definition) is 2. The summed E-state index contributed by atoms with van der Waals surface area (Å²) < 4.78 is 4.13. The van der Waals surface area contributed by atoms with Gasteiger partial charge >= 0.3 is 0 Å². The highest BCUT2D eigenvalue weighted by atomic mass is 16.1. The van der Waals surface area contributed by atoms with Crippen molar-refractivity contribution < 1.29 is 0 Å². The quantitative estimate of drug-likeness (QED) is 0.259. The van der Waals surface area contributed by atoms with Crippen LogP contribution in [0.4, 0.5) is 0 Å². The van der Waals surface area contributed by atoms with Crippen LogP contribution < -0.4 is 5.56 Å². The van der Waals surface area contributed by atoms with Gasteiger partial charge in [0.05, 0.1) is 17.4 Å². The Morgan fingerprint density at radius 3 is 1.92 bits per heavy atom. The molecule has 0 atom stereocenters. The van der Waals surface area contributed by atoms with Crippen molar-refractivity contribution in [3.63, 3.8) is 0 Å². The molecule has 0 unspecified atom stereocenters. The molecule has 0 bridgehead atoms. The number of aromatic nitrogens is 3. The normalized spacial score (nSPS) is 11.6. The SMILES string of the molecule is Cc1c(/C=C/c2nc3ccccc3c(=O)n2Cc2ccccc2)c2ccccc2n1Cc1ccccc1. The fourth-order valence-corrected chi connectivity index (χ4v) is 5.03. The Morgan fingerprint density at radius 2 is 1.22 bits per heavy atom. The van der Waals surface area contributed by atoms with Crippen molar-refractivity contribution in [2.24, 2.45) is 0 Å². The number of rotatable bonds is 6. The second-order valence-corrected chi connectivity index (χ2v) is 9.29. The number of benzene rings is 4. The molecule has 4 aromatic carbocycles. The fourth-order valence-electron chi connectivity index (χ4n) is 5.03. The van der Waals surface area contributed by atoms with Crippen LogP contribution in [0.25, 0.3) is 34.0 Å². The van der Waals surface area contributed by atoms with Crippen LogP contribution in [0.1, 0.15) is 28.2 Å². The Kier molecular flexibility index (Phi) is 5.99. The van der Waals surface area contributed by atoms with Gasteiger partial charge < -0.3 is 4.57 Å². The molecular formula is C33H27N3O. The molecule has 0 saturated heterocycles. The van der Waals surface area contributed by atoms with E-state index >= 15 is 0 Å².